The highest BCUT2D eigenvalue weighted by atomic mass is 32.1. The number of nitrogens with zero attached hydrogens (tertiary/aromatic N) is 2. The monoisotopic (exact) mass is 361 g/mol. The number of amides is 1. The van der Waals surface area contributed by atoms with Gasteiger partial charge in [0.1, 0.15) is 5.56 Å². The third-order valence-corrected chi connectivity index (χ3v) is 6.07. The summed E-state index contributed by atoms with van der Waals surface area (Å²) in [5, 5.41) is 16.3. The number of nitrogens with one attached hydrogen (secondary N) is 1. The molecule has 1 atom stereocenters. The molecule has 0 bridgehead atoms. The van der Waals surface area contributed by atoms with Gasteiger partial charge in [-0.25, -0.2) is 4.98 Å². The lowest BCUT2D eigenvalue weighted by Gasteiger charge is -2.37. The second-order valence-corrected chi connectivity index (χ2v) is 7.74. The molecule has 3 heterocycles. The van der Waals surface area contributed by atoms with Gasteiger partial charge in [-0.1, -0.05) is 6.07 Å². The van der Waals surface area contributed by atoms with Gasteiger partial charge in [0.05, 0.1) is 12.1 Å². The van der Waals surface area contributed by atoms with Crippen LogP contribution in [0.1, 0.15) is 34.1 Å². The van der Waals surface area contributed by atoms with Crippen LogP contribution in [0.15, 0.2) is 40.1 Å². The van der Waals surface area contributed by atoms with Crippen LogP contribution in [0, 0.1) is 5.92 Å². The molecule has 1 aliphatic rings. The third-order valence-electron chi connectivity index (χ3n) is 4.34. The molecule has 24 heavy (non-hydrogen) atoms. The van der Waals surface area contributed by atoms with Gasteiger partial charge in [0.2, 0.25) is 0 Å². The van der Waals surface area contributed by atoms with Crippen molar-refractivity contribution in [3.05, 3.63) is 56.1 Å². The van der Waals surface area contributed by atoms with Crippen LogP contribution in [0.4, 0.5) is 0 Å². The Morgan fingerprint density at radius 1 is 1.38 bits per heavy atom. The molecule has 1 unspecified atom stereocenters. The number of rotatable bonds is 4. The quantitative estimate of drug-likeness (QED) is 0.745. The Kier molecular flexibility index (Phi) is 3.95. The lowest BCUT2D eigenvalue weighted by Crippen LogP contribution is -2.42. The number of fused-ring (bicyclic) bond motifs is 1. The summed E-state index contributed by atoms with van der Waals surface area (Å²) >= 11 is 2.91. The minimum absolute atomic E-state index is 0.0346. The molecule has 0 aliphatic heterocycles. The van der Waals surface area contributed by atoms with Gasteiger partial charge in [0, 0.05) is 22.7 Å². The number of carbonyl (C=O) groups excluding carboxylic acids is 1. The number of aliphatic hydroxyl groups excluding tert-OH is 1. The molecule has 0 spiro atoms. The molecule has 2 N–H and O–H groups in total. The number of hydrogen-bond acceptors (Lipinski definition) is 6. The Bertz CT molecular complexity index is 926. The Labute approximate surface area is 145 Å². The van der Waals surface area contributed by atoms with Crippen molar-refractivity contribution in [1.82, 2.24) is 14.7 Å². The maximum Gasteiger partial charge on any atom is 0.271 e. The van der Waals surface area contributed by atoms with Crippen molar-refractivity contribution in [3.63, 3.8) is 0 Å². The smallest absolute Gasteiger partial charge is 0.271 e. The van der Waals surface area contributed by atoms with E-state index in [0.717, 1.165) is 4.88 Å². The third kappa shape index (κ3) is 2.66. The van der Waals surface area contributed by atoms with Gasteiger partial charge >= 0.3 is 0 Å². The van der Waals surface area contributed by atoms with Crippen LogP contribution < -0.4 is 10.9 Å². The summed E-state index contributed by atoms with van der Waals surface area (Å²) < 4.78 is 1.38. The number of aliphatic hydroxyl groups is 1. The molecule has 0 radical (unpaired) electrons. The molecule has 3 aromatic rings. The summed E-state index contributed by atoms with van der Waals surface area (Å²) in [5.41, 5.74) is -0.329. The highest BCUT2D eigenvalue weighted by molar-refractivity contribution is 7.15. The summed E-state index contributed by atoms with van der Waals surface area (Å²) in [6, 6.07) is 3.71. The Hall–Kier alpha value is -2.03. The van der Waals surface area contributed by atoms with Crippen LogP contribution in [-0.4, -0.2) is 26.5 Å². The van der Waals surface area contributed by atoms with E-state index in [1.165, 1.54) is 21.9 Å². The molecule has 4 rings (SSSR count). The first-order valence-corrected chi connectivity index (χ1v) is 9.36. The van der Waals surface area contributed by atoms with E-state index in [2.05, 4.69) is 10.3 Å². The number of aromatic nitrogens is 2. The van der Waals surface area contributed by atoms with Gasteiger partial charge in [-0.2, -0.15) is 0 Å². The maximum absolute atomic E-state index is 12.6. The number of carbonyl (C=O) groups is 1. The molecule has 1 aliphatic carbocycles. The average Bonchev–Trinajstić information content (AvgIpc) is 3.21. The van der Waals surface area contributed by atoms with Crippen LogP contribution in [0.25, 0.3) is 4.96 Å². The summed E-state index contributed by atoms with van der Waals surface area (Å²) in [7, 11) is 0. The van der Waals surface area contributed by atoms with Crippen LogP contribution >= 0.6 is 22.7 Å². The SMILES string of the molecule is O=C(NC(c1cccs1)C1CC(O)C1)c1cnc2sccn2c1=O. The molecule has 6 nitrogen and oxygen atoms in total. The Morgan fingerprint density at radius 3 is 2.92 bits per heavy atom. The summed E-state index contributed by atoms with van der Waals surface area (Å²) in [4.78, 5) is 30.8. The summed E-state index contributed by atoms with van der Waals surface area (Å²) in [6.07, 6.45) is 3.96. The van der Waals surface area contributed by atoms with Crippen LogP contribution in [0.3, 0.4) is 0 Å². The average molecular weight is 361 g/mol. The zero-order valence-corrected chi connectivity index (χ0v) is 14.2. The van der Waals surface area contributed by atoms with Crippen LogP contribution in [0.2, 0.25) is 0 Å². The van der Waals surface area contributed by atoms with Crippen molar-refractivity contribution in [1.29, 1.82) is 0 Å². The van der Waals surface area contributed by atoms with E-state index < -0.39 is 5.91 Å². The molecule has 3 aromatic heterocycles. The van der Waals surface area contributed by atoms with E-state index >= 15 is 0 Å². The molecule has 0 saturated heterocycles. The van der Waals surface area contributed by atoms with Crippen molar-refractivity contribution >= 4 is 33.5 Å². The van der Waals surface area contributed by atoms with Crippen molar-refractivity contribution in [2.24, 2.45) is 5.92 Å². The van der Waals surface area contributed by atoms with E-state index in [4.69, 9.17) is 0 Å². The number of hydrogen-bond donors (Lipinski definition) is 2. The van der Waals surface area contributed by atoms with E-state index in [-0.39, 0.29) is 29.2 Å². The lowest BCUT2D eigenvalue weighted by molar-refractivity contribution is 0.0241. The zero-order chi connectivity index (χ0) is 16.7. The topological polar surface area (TPSA) is 83.7 Å². The van der Waals surface area contributed by atoms with Gasteiger partial charge in [0.15, 0.2) is 4.96 Å². The van der Waals surface area contributed by atoms with Crippen molar-refractivity contribution in [2.75, 3.05) is 0 Å². The normalized spacial score (nSPS) is 21.4. The molecule has 1 amide bonds. The molecule has 1 saturated carbocycles. The molecule has 124 valence electrons. The molecule has 8 heteroatoms. The second kappa shape index (κ2) is 6.12. The van der Waals surface area contributed by atoms with Gasteiger partial charge in [-0.15, -0.1) is 22.7 Å². The summed E-state index contributed by atoms with van der Waals surface area (Å²) in [5.74, 6) is -0.240. The largest absolute Gasteiger partial charge is 0.393 e. The van der Waals surface area contributed by atoms with Crippen molar-refractivity contribution < 1.29 is 9.90 Å². The lowest BCUT2D eigenvalue weighted by atomic mass is 9.76. The van der Waals surface area contributed by atoms with Crippen LogP contribution in [-0.2, 0) is 0 Å². The minimum atomic E-state index is -0.423. The van der Waals surface area contributed by atoms with E-state index in [0.29, 0.717) is 17.8 Å². The van der Waals surface area contributed by atoms with Gasteiger partial charge in [0.25, 0.3) is 11.5 Å². The van der Waals surface area contributed by atoms with E-state index in [1.54, 1.807) is 22.9 Å². The predicted octanol–water partition coefficient (Wildman–Crippen LogP) is 2.06. The van der Waals surface area contributed by atoms with Gasteiger partial charge < -0.3 is 10.4 Å². The van der Waals surface area contributed by atoms with Gasteiger partial charge in [-0.05, 0) is 30.2 Å². The predicted molar refractivity (Wildman–Crippen MR) is 92.6 cm³/mol. The number of thiophene rings is 1. The summed E-state index contributed by atoms with van der Waals surface area (Å²) in [6.45, 7) is 0. The zero-order valence-electron chi connectivity index (χ0n) is 12.6. The fraction of sp³-hybridized carbons (Fsp3) is 0.312. The van der Waals surface area contributed by atoms with E-state index in [1.807, 2.05) is 17.5 Å². The highest BCUT2D eigenvalue weighted by Crippen LogP contribution is 2.39. The second-order valence-electron chi connectivity index (χ2n) is 5.88. The fourth-order valence-electron chi connectivity index (χ4n) is 2.99. The van der Waals surface area contributed by atoms with Gasteiger partial charge in [-0.3, -0.25) is 14.0 Å². The first-order valence-electron chi connectivity index (χ1n) is 7.60. The Balaban J connectivity index is 1.62. The number of thiazole rings is 1. The van der Waals surface area contributed by atoms with Crippen molar-refractivity contribution in [2.45, 2.75) is 25.0 Å². The molecular weight excluding hydrogens is 346 g/mol. The standard InChI is InChI=1S/C16H15N3O3S2/c20-10-6-9(7-10)13(12-2-1-4-23-12)18-14(21)11-8-17-16-19(15(11)22)3-5-24-16/h1-5,8-10,13,20H,6-7H2,(H,18,21). The van der Waals surface area contributed by atoms with Crippen molar-refractivity contribution in [3.8, 4) is 0 Å². The van der Waals surface area contributed by atoms with E-state index in [9.17, 15) is 14.7 Å². The Morgan fingerprint density at radius 2 is 2.21 bits per heavy atom. The molecular formula is C16H15N3O3S2. The fourth-order valence-corrected chi connectivity index (χ4v) is 4.54. The highest BCUT2D eigenvalue weighted by Gasteiger charge is 2.36. The first-order chi connectivity index (χ1) is 11.6. The first kappa shape index (κ1) is 15.5. The molecule has 0 aromatic carbocycles. The molecule has 1 fully saturated rings. The van der Waals surface area contributed by atoms with Crippen LogP contribution in [0.5, 0.6) is 0 Å². The minimum Gasteiger partial charge on any atom is -0.393 e. The maximum atomic E-state index is 12.6.